The number of aryl methyl sites for hydroxylation is 1. The number of fused-ring (bicyclic) bond motifs is 1. The van der Waals surface area contributed by atoms with Crippen molar-refractivity contribution in [2.45, 2.75) is 32.7 Å². The number of carbonyl (C=O) groups excluding carboxylic acids is 1. The first kappa shape index (κ1) is 17.8. The zero-order valence-electron chi connectivity index (χ0n) is 15.7. The molecule has 4 rings (SSSR count). The molecular formula is C20H20N6O2. The summed E-state index contributed by atoms with van der Waals surface area (Å²) in [5.74, 6) is 1.35. The van der Waals surface area contributed by atoms with E-state index in [2.05, 4.69) is 25.7 Å². The van der Waals surface area contributed by atoms with E-state index in [0.29, 0.717) is 35.2 Å². The SMILES string of the molecule is CCc1noc(-c2cccn3c(CNC(=O)C(C)c4ccccc4)nnc23)n1. The van der Waals surface area contributed by atoms with Gasteiger partial charge in [0.15, 0.2) is 17.3 Å². The van der Waals surface area contributed by atoms with Crippen LogP contribution in [0.2, 0.25) is 0 Å². The fourth-order valence-electron chi connectivity index (χ4n) is 2.97. The summed E-state index contributed by atoms with van der Waals surface area (Å²) in [4.78, 5) is 16.9. The van der Waals surface area contributed by atoms with E-state index in [-0.39, 0.29) is 18.4 Å². The van der Waals surface area contributed by atoms with Crippen LogP contribution < -0.4 is 5.32 Å². The number of amides is 1. The Kier molecular flexibility index (Phi) is 4.84. The molecule has 1 unspecified atom stereocenters. The lowest BCUT2D eigenvalue weighted by Gasteiger charge is -2.12. The standard InChI is InChI=1S/C20H20N6O2/c1-3-16-22-20(28-25-16)15-10-7-11-26-17(23-24-18(15)26)12-21-19(27)13(2)14-8-5-4-6-9-14/h4-11,13H,3,12H2,1-2H3,(H,21,27). The number of benzene rings is 1. The molecule has 1 amide bonds. The molecule has 1 aromatic carbocycles. The molecule has 0 spiro atoms. The van der Waals surface area contributed by atoms with E-state index in [4.69, 9.17) is 4.52 Å². The number of pyridine rings is 1. The van der Waals surface area contributed by atoms with Gasteiger partial charge in [0.1, 0.15) is 0 Å². The average Bonchev–Trinajstić information content (AvgIpc) is 3.39. The molecule has 3 heterocycles. The van der Waals surface area contributed by atoms with Crippen molar-refractivity contribution in [1.82, 2.24) is 30.1 Å². The summed E-state index contributed by atoms with van der Waals surface area (Å²) in [6, 6.07) is 13.4. The Morgan fingerprint density at radius 2 is 2.00 bits per heavy atom. The summed E-state index contributed by atoms with van der Waals surface area (Å²) in [5.41, 5.74) is 2.28. The first-order chi connectivity index (χ1) is 13.7. The van der Waals surface area contributed by atoms with Gasteiger partial charge in [-0.05, 0) is 24.6 Å². The van der Waals surface area contributed by atoms with E-state index >= 15 is 0 Å². The second-order valence-corrected chi connectivity index (χ2v) is 6.45. The van der Waals surface area contributed by atoms with Crippen LogP contribution in [0.15, 0.2) is 53.2 Å². The van der Waals surface area contributed by atoms with Crippen LogP contribution in [0.5, 0.6) is 0 Å². The fraction of sp³-hybridized carbons (Fsp3) is 0.250. The van der Waals surface area contributed by atoms with E-state index in [0.717, 1.165) is 5.56 Å². The van der Waals surface area contributed by atoms with Crippen LogP contribution in [-0.2, 0) is 17.8 Å². The summed E-state index contributed by atoms with van der Waals surface area (Å²) < 4.78 is 7.14. The topological polar surface area (TPSA) is 98.2 Å². The number of nitrogens with one attached hydrogen (secondary N) is 1. The molecule has 28 heavy (non-hydrogen) atoms. The molecule has 8 heteroatoms. The largest absolute Gasteiger partial charge is 0.348 e. The van der Waals surface area contributed by atoms with E-state index in [1.807, 2.05) is 66.9 Å². The Balaban J connectivity index is 1.54. The first-order valence-electron chi connectivity index (χ1n) is 9.15. The van der Waals surface area contributed by atoms with Gasteiger partial charge in [0.05, 0.1) is 18.0 Å². The van der Waals surface area contributed by atoms with Crippen LogP contribution in [0.3, 0.4) is 0 Å². The molecule has 0 radical (unpaired) electrons. The molecule has 0 aliphatic heterocycles. The molecule has 1 atom stereocenters. The Labute approximate surface area is 161 Å². The van der Waals surface area contributed by atoms with Crippen molar-refractivity contribution in [3.8, 4) is 11.5 Å². The quantitative estimate of drug-likeness (QED) is 0.556. The van der Waals surface area contributed by atoms with Gasteiger partial charge in [-0.1, -0.05) is 42.4 Å². The Morgan fingerprint density at radius 1 is 1.18 bits per heavy atom. The Hall–Kier alpha value is -3.55. The van der Waals surface area contributed by atoms with Gasteiger partial charge >= 0.3 is 0 Å². The van der Waals surface area contributed by atoms with Crippen molar-refractivity contribution in [3.63, 3.8) is 0 Å². The third-order valence-corrected chi connectivity index (χ3v) is 4.63. The van der Waals surface area contributed by atoms with E-state index in [9.17, 15) is 4.79 Å². The highest BCUT2D eigenvalue weighted by molar-refractivity contribution is 5.83. The van der Waals surface area contributed by atoms with Crippen molar-refractivity contribution in [1.29, 1.82) is 0 Å². The van der Waals surface area contributed by atoms with Crippen LogP contribution in [0.25, 0.3) is 17.1 Å². The first-order valence-corrected chi connectivity index (χ1v) is 9.15. The molecule has 3 aromatic heterocycles. The summed E-state index contributed by atoms with van der Waals surface area (Å²) in [6.45, 7) is 4.11. The van der Waals surface area contributed by atoms with Gasteiger partial charge in [-0.3, -0.25) is 9.20 Å². The normalized spacial score (nSPS) is 12.2. The van der Waals surface area contributed by atoms with Crippen LogP contribution in [0.1, 0.15) is 37.0 Å². The van der Waals surface area contributed by atoms with Crippen LogP contribution in [0, 0.1) is 0 Å². The molecule has 0 aliphatic rings. The highest BCUT2D eigenvalue weighted by atomic mass is 16.5. The number of nitrogens with zero attached hydrogens (tertiary/aromatic N) is 5. The summed E-state index contributed by atoms with van der Waals surface area (Å²) >= 11 is 0. The molecule has 0 fully saturated rings. The molecule has 0 aliphatic carbocycles. The van der Waals surface area contributed by atoms with Gasteiger partial charge < -0.3 is 9.84 Å². The maximum atomic E-state index is 12.5. The minimum atomic E-state index is -0.248. The van der Waals surface area contributed by atoms with E-state index in [1.54, 1.807) is 0 Å². The highest BCUT2D eigenvalue weighted by Crippen LogP contribution is 2.22. The number of carbonyl (C=O) groups is 1. The monoisotopic (exact) mass is 376 g/mol. The van der Waals surface area contributed by atoms with Gasteiger partial charge in [-0.25, -0.2) is 0 Å². The fourth-order valence-corrected chi connectivity index (χ4v) is 2.97. The number of aromatic nitrogens is 5. The van der Waals surface area contributed by atoms with Crippen molar-refractivity contribution in [3.05, 3.63) is 65.9 Å². The summed E-state index contributed by atoms with van der Waals surface area (Å²) in [7, 11) is 0. The number of hydrogen-bond acceptors (Lipinski definition) is 6. The van der Waals surface area contributed by atoms with E-state index < -0.39 is 0 Å². The minimum Gasteiger partial charge on any atom is -0.348 e. The van der Waals surface area contributed by atoms with Crippen molar-refractivity contribution in [2.24, 2.45) is 0 Å². The molecule has 0 saturated carbocycles. The van der Waals surface area contributed by atoms with Gasteiger partial charge in [0.2, 0.25) is 5.91 Å². The summed E-state index contributed by atoms with van der Waals surface area (Å²) in [6.07, 6.45) is 2.54. The highest BCUT2D eigenvalue weighted by Gasteiger charge is 2.18. The lowest BCUT2D eigenvalue weighted by molar-refractivity contribution is -0.122. The van der Waals surface area contributed by atoms with Crippen LogP contribution in [-0.4, -0.2) is 30.6 Å². The molecule has 142 valence electrons. The van der Waals surface area contributed by atoms with Crippen molar-refractivity contribution < 1.29 is 9.32 Å². The Bertz CT molecular complexity index is 1100. The third kappa shape index (κ3) is 3.36. The van der Waals surface area contributed by atoms with Gasteiger partial charge in [0, 0.05) is 12.6 Å². The zero-order chi connectivity index (χ0) is 19.5. The number of hydrogen-bond donors (Lipinski definition) is 1. The maximum absolute atomic E-state index is 12.5. The molecule has 0 saturated heterocycles. The van der Waals surface area contributed by atoms with Crippen molar-refractivity contribution >= 4 is 11.6 Å². The average molecular weight is 376 g/mol. The van der Waals surface area contributed by atoms with Gasteiger partial charge in [-0.2, -0.15) is 4.98 Å². The maximum Gasteiger partial charge on any atom is 0.261 e. The second kappa shape index (κ2) is 7.59. The smallest absolute Gasteiger partial charge is 0.261 e. The predicted molar refractivity (Wildman–Crippen MR) is 102 cm³/mol. The van der Waals surface area contributed by atoms with Crippen LogP contribution in [0.4, 0.5) is 0 Å². The number of rotatable bonds is 6. The molecule has 0 bridgehead atoms. The zero-order valence-corrected chi connectivity index (χ0v) is 15.7. The van der Waals surface area contributed by atoms with Gasteiger partial charge in [-0.15, -0.1) is 10.2 Å². The van der Waals surface area contributed by atoms with Crippen molar-refractivity contribution in [2.75, 3.05) is 0 Å². The summed E-state index contributed by atoms with van der Waals surface area (Å²) in [5, 5.41) is 15.3. The Morgan fingerprint density at radius 3 is 2.75 bits per heavy atom. The second-order valence-electron chi connectivity index (χ2n) is 6.45. The predicted octanol–water partition coefficient (Wildman–Crippen LogP) is 2.76. The lowest BCUT2D eigenvalue weighted by Crippen LogP contribution is -2.28. The van der Waals surface area contributed by atoms with Crippen LogP contribution >= 0.6 is 0 Å². The lowest BCUT2D eigenvalue weighted by atomic mass is 10.0. The van der Waals surface area contributed by atoms with Gasteiger partial charge in [0.25, 0.3) is 5.89 Å². The molecule has 1 N–H and O–H groups in total. The minimum absolute atomic E-state index is 0.0661. The molecule has 8 nitrogen and oxygen atoms in total. The molecule has 4 aromatic rings. The van der Waals surface area contributed by atoms with E-state index in [1.165, 1.54) is 0 Å². The molecular weight excluding hydrogens is 356 g/mol. The third-order valence-electron chi connectivity index (χ3n) is 4.63.